The summed E-state index contributed by atoms with van der Waals surface area (Å²) in [5.41, 5.74) is 5.01. The van der Waals surface area contributed by atoms with Crippen molar-refractivity contribution in [1.29, 1.82) is 0 Å². The van der Waals surface area contributed by atoms with Gasteiger partial charge in [0.1, 0.15) is 0 Å². The Balaban J connectivity index is 2.33. The maximum absolute atomic E-state index is 3.54. The van der Waals surface area contributed by atoms with Gasteiger partial charge in [0.15, 0.2) is 0 Å². The van der Waals surface area contributed by atoms with Crippen LogP contribution in [-0.2, 0) is 0 Å². The number of aromatic nitrogens is 1. The lowest BCUT2D eigenvalue weighted by atomic mass is 10.2. The number of anilines is 1. The van der Waals surface area contributed by atoms with Crippen LogP contribution in [0.1, 0.15) is 31.2 Å². The van der Waals surface area contributed by atoms with Gasteiger partial charge in [-0.3, -0.25) is 0 Å². The molecule has 0 radical (unpaired) electrons. The minimum atomic E-state index is 1.03. The second-order valence-corrected chi connectivity index (χ2v) is 4.75. The fourth-order valence-corrected chi connectivity index (χ4v) is 2.27. The van der Waals surface area contributed by atoms with E-state index in [9.17, 15) is 0 Å². The molecular weight excluding hydrogens is 220 g/mol. The van der Waals surface area contributed by atoms with Crippen LogP contribution in [-0.4, -0.2) is 11.1 Å². The van der Waals surface area contributed by atoms with Gasteiger partial charge in [-0.2, -0.15) is 0 Å². The predicted molar refractivity (Wildman–Crippen MR) is 78.6 cm³/mol. The van der Waals surface area contributed by atoms with Crippen molar-refractivity contribution < 1.29 is 0 Å². The minimum Gasteiger partial charge on any atom is -0.383 e. The molecule has 0 saturated heterocycles. The number of unbranched alkanes of at least 4 members (excludes halogenated alkanes) is 1. The second-order valence-electron chi connectivity index (χ2n) is 4.75. The first kappa shape index (κ1) is 12.7. The van der Waals surface area contributed by atoms with E-state index in [-0.39, 0.29) is 0 Å². The molecule has 0 saturated carbocycles. The Morgan fingerprint density at radius 3 is 2.33 bits per heavy atom. The lowest BCUT2D eigenvalue weighted by Crippen LogP contribution is -2.07. The third kappa shape index (κ3) is 2.58. The van der Waals surface area contributed by atoms with Crippen LogP contribution in [0, 0.1) is 13.8 Å². The molecule has 2 rings (SSSR count). The molecule has 0 bridgehead atoms. The van der Waals surface area contributed by atoms with Crippen molar-refractivity contribution >= 4 is 5.69 Å². The predicted octanol–water partition coefficient (Wildman–Crippen LogP) is 4.31. The molecule has 2 aromatic rings. The van der Waals surface area contributed by atoms with Crippen LogP contribution < -0.4 is 5.32 Å². The molecule has 18 heavy (non-hydrogen) atoms. The maximum atomic E-state index is 3.54. The highest BCUT2D eigenvalue weighted by molar-refractivity contribution is 5.62. The molecule has 96 valence electrons. The number of nitrogens with one attached hydrogen (secondary N) is 1. The van der Waals surface area contributed by atoms with E-state index < -0.39 is 0 Å². The lowest BCUT2D eigenvalue weighted by molar-refractivity contribution is 0.832. The van der Waals surface area contributed by atoms with Crippen molar-refractivity contribution in [3.63, 3.8) is 0 Å². The van der Waals surface area contributed by atoms with Gasteiger partial charge in [0.25, 0.3) is 0 Å². The van der Waals surface area contributed by atoms with Crippen LogP contribution >= 0.6 is 0 Å². The van der Waals surface area contributed by atoms with Crippen molar-refractivity contribution in [1.82, 2.24) is 4.57 Å². The van der Waals surface area contributed by atoms with Gasteiger partial charge in [-0.25, -0.2) is 0 Å². The Morgan fingerprint density at radius 1 is 1.00 bits per heavy atom. The van der Waals surface area contributed by atoms with Crippen LogP contribution in [0.25, 0.3) is 5.69 Å². The van der Waals surface area contributed by atoms with E-state index in [2.05, 4.69) is 67.1 Å². The molecule has 0 amide bonds. The summed E-state index contributed by atoms with van der Waals surface area (Å²) < 4.78 is 2.30. The fraction of sp³-hybridized carbons (Fsp3) is 0.375. The highest BCUT2D eigenvalue weighted by Gasteiger charge is 2.07. The van der Waals surface area contributed by atoms with Crippen LogP contribution in [0.2, 0.25) is 0 Å². The number of benzene rings is 1. The molecule has 2 nitrogen and oxygen atoms in total. The third-order valence-corrected chi connectivity index (χ3v) is 3.26. The molecule has 1 heterocycles. The molecule has 0 aliphatic rings. The Bertz CT molecular complexity index is 492. The molecule has 0 fully saturated rings. The monoisotopic (exact) mass is 242 g/mol. The van der Waals surface area contributed by atoms with Crippen molar-refractivity contribution in [3.05, 3.63) is 47.8 Å². The van der Waals surface area contributed by atoms with Gasteiger partial charge >= 0.3 is 0 Å². The zero-order chi connectivity index (χ0) is 13.0. The first-order valence-corrected chi connectivity index (χ1v) is 6.72. The lowest BCUT2D eigenvalue weighted by Gasteiger charge is -2.16. The van der Waals surface area contributed by atoms with Crippen molar-refractivity contribution in [2.75, 3.05) is 11.9 Å². The number of aryl methyl sites for hydroxylation is 2. The summed E-state index contributed by atoms with van der Waals surface area (Å²) in [6, 6.07) is 12.8. The number of para-hydroxylation sites is 2. The SMILES string of the molecule is CCCCNc1ccccc1-n1c(C)ccc1C. The van der Waals surface area contributed by atoms with Gasteiger partial charge < -0.3 is 9.88 Å². The minimum absolute atomic E-state index is 1.03. The first-order chi connectivity index (χ1) is 8.74. The van der Waals surface area contributed by atoms with E-state index in [0.29, 0.717) is 0 Å². The smallest absolute Gasteiger partial charge is 0.0687 e. The Morgan fingerprint density at radius 2 is 1.67 bits per heavy atom. The summed E-state index contributed by atoms with van der Waals surface area (Å²) in [7, 11) is 0. The third-order valence-electron chi connectivity index (χ3n) is 3.26. The normalized spacial score (nSPS) is 10.6. The maximum Gasteiger partial charge on any atom is 0.0687 e. The Kier molecular flexibility index (Phi) is 4.08. The second kappa shape index (κ2) is 5.76. The van der Waals surface area contributed by atoms with E-state index in [4.69, 9.17) is 0 Å². The standard InChI is InChI=1S/C16H22N2/c1-4-5-12-17-15-8-6-7-9-16(15)18-13(2)10-11-14(18)3/h6-11,17H,4-5,12H2,1-3H3. The number of hydrogen-bond donors (Lipinski definition) is 1. The Hall–Kier alpha value is -1.70. The summed E-state index contributed by atoms with van der Waals surface area (Å²) in [6.07, 6.45) is 2.43. The van der Waals surface area contributed by atoms with E-state index in [0.717, 1.165) is 6.54 Å². The van der Waals surface area contributed by atoms with Crippen LogP contribution in [0.4, 0.5) is 5.69 Å². The number of rotatable bonds is 5. The fourth-order valence-electron chi connectivity index (χ4n) is 2.27. The molecule has 1 aromatic heterocycles. The van der Waals surface area contributed by atoms with Crippen molar-refractivity contribution in [2.45, 2.75) is 33.6 Å². The van der Waals surface area contributed by atoms with Gasteiger partial charge in [0.2, 0.25) is 0 Å². The molecule has 0 atom stereocenters. The summed E-state index contributed by atoms with van der Waals surface area (Å²) in [5, 5.41) is 3.54. The van der Waals surface area contributed by atoms with Crippen LogP contribution in [0.15, 0.2) is 36.4 Å². The van der Waals surface area contributed by atoms with E-state index in [1.54, 1.807) is 0 Å². The van der Waals surface area contributed by atoms with E-state index >= 15 is 0 Å². The van der Waals surface area contributed by atoms with Gasteiger partial charge in [0.05, 0.1) is 11.4 Å². The molecule has 0 spiro atoms. The topological polar surface area (TPSA) is 17.0 Å². The Labute approximate surface area is 110 Å². The zero-order valence-corrected chi connectivity index (χ0v) is 11.5. The molecular formula is C16H22N2. The number of nitrogens with zero attached hydrogens (tertiary/aromatic N) is 1. The largest absolute Gasteiger partial charge is 0.383 e. The van der Waals surface area contributed by atoms with Crippen LogP contribution in [0.3, 0.4) is 0 Å². The quantitative estimate of drug-likeness (QED) is 0.773. The molecule has 0 unspecified atom stereocenters. The molecule has 1 N–H and O–H groups in total. The molecule has 2 heteroatoms. The van der Waals surface area contributed by atoms with Crippen LogP contribution in [0.5, 0.6) is 0 Å². The van der Waals surface area contributed by atoms with Crippen molar-refractivity contribution in [2.24, 2.45) is 0 Å². The van der Waals surface area contributed by atoms with Gasteiger partial charge in [-0.05, 0) is 44.5 Å². The average molecular weight is 242 g/mol. The summed E-state index contributed by atoms with van der Waals surface area (Å²) in [4.78, 5) is 0. The zero-order valence-electron chi connectivity index (χ0n) is 11.5. The van der Waals surface area contributed by atoms with Gasteiger partial charge in [0, 0.05) is 17.9 Å². The van der Waals surface area contributed by atoms with Gasteiger partial charge in [-0.15, -0.1) is 0 Å². The number of hydrogen-bond acceptors (Lipinski definition) is 1. The highest BCUT2D eigenvalue weighted by atomic mass is 15.0. The average Bonchev–Trinajstić information content (AvgIpc) is 2.70. The highest BCUT2D eigenvalue weighted by Crippen LogP contribution is 2.24. The summed E-state index contributed by atoms with van der Waals surface area (Å²) in [6.45, 7) is 7.55. The summed E-state index contributed by atoms with van der Waals surface area (Å²) >= 11 is 0. The van der Waals surface area contributed by atoms with E-state index in [1.807, 2.05) is 0 Å². The summed E-state index contributed by atoms with van der Waals surface area (Å²) in [5.74, 6) is 0. The molecule has 1 aromatic carbocycles. The molecule has 0 aliphatic heterocycles. The first-order valence-electron chi connectivity index (χ1n) is 6.72. The van der Waals surface area contributed by atoms with Gasteiger partial charge in [-0.1, -0.05) is 25.5 Å². The molecule has 0 aliphatic carbocycles. The van der Waals surface area contributed by atoms with E-state index in [1.165, 1.54) is 35.6 Å². The van der Waals surface area contributed by atoms with Crippen molar-refractivity contribution in [3.8, 4) is 5.69 Å².